The number of carbonyl (C=O) groups is 2. The maximum Gasteiger partial charge on any atom is 0.262 e. The van der Waals surface area contributed by atoms with E-state index < -0.39 is 0 Å². The van der Waals surface area contributed by atoms with Crippen LogP contribution in [0.2, 0.25) is 0 Å². The lowest BCUT2D eigenvalue weighted by atomic mass is 9.82. The summed E-state index contributed by atoms with van der Waals surface area (Å²) >= 11 is 0. The standard InChI is InChI=1S/C21H20N2O4/c1-26-18-6-12-4-2-3-11(12)5-15(18)13-8-20(24)22-16-9-19-17(7-14(13)16)23-21(25)10-27-19/h5-7,9,13H,2-4,8,10H2,1H3,(H,22,24)(H,23,25). The van der Waals surface area contributed by atoms with Gasteiger partial charge < -0.3 is 20.1 Å². The molecule has 2 amide bonds. The molecule has 1 aliphatic carbocycles. The van der Waals surface area contributed by atoms with Gasteiger partial charge in [-0.05, 0) is 48.1 Å². The fourth-order valence-corrected chi connectivity index (χ4v) is 4.38. The second-order valence-electron chi connectivity index (χ2n) is 7.29. The molecule has 6 nitrogen and oxygen atoms in total. The van der Waals surface area contributed by atoms with Crippen molar-refractivity contribution >= 4 is 23.2 Å². The smallest absolute Gasteiger partial charge is 0.262 e. The summed E-state index contributed by atoms with van der Waals surface area (Å²) in [5.74, 6) is 1.07. The summed E-state index contributed by atoms with van der Waals surface area (Å²) in [7, 11) is 1.67. The number of carbonyl (C=O) groups excluding carboxylic acids is 2. The SMILES string of the molecule is COc1cc2c(cc1C1CC(=O)Nc3cc4c(cc31)NC(=O)CO4)CCC2. The Bertz CT molecular complexity index is 983. The molecule has 0 aromatic heterocycles. The summed E-state index contributed by atoms with van der Waals surface area (Å²) in [6.07, 6.45) is 3.63. The molecule has 5 rings (SSSR count). The number of nitrogens with one attached hydrogen (secondary N) is 2. The number of methoxy groups -OCH3 is 1. The minimum absolute atomic E-state index is 0.0121. The molecule has 3 aliphatic rings. The molecule has 138 valence electrons. The van der Waals surface area contributed by atoms with Gasteiger partial charge in [0.1, 0.15) is 11.5 Å². The second-order valence-corrected chi connectivity index (χ2v) is 7.29. The van der Waals surface area contributed by atoms with Gasteiger partial charge in [-0.25, -0.2) is 0 Å². The number of hydrogen-bond acceptors (Lipinski definition) is 4. The molecule has 27 heavy (non-hydrogen) atoms. The average Bonchev–Trinajstić information content (AvgIpc) is 3.12. The molecule has 2 aromatic carbocycles. The third-order valence-corrected chi connectivity index (χ3v) is 5.64. The largest absolute Gasteiger partial charge is 0.496 e. The van der Waals surface area contributed by atoms with E-state index in [1.54, 1.807) is 13.2 Å². The quantitative estimate of drug-likeness (QED) is 0.859. The Kier molecular flexibility index (Phi) is 3.60. The highest BCUT2D eigenvalue weighted by Gasteiger charge is 2.32. The van der Waals surface area contributed by atoms with Crippen LogP contribution in [0.25, 0.3) is 0 Å². The van der Waals surface area contributed by atoms with Gasteiger partial charge in [0, 0.05) is 29.7 Å². The number of ether oxygens (including phenoxy) is 2. The highest BCUT2D eigenvalue weighted by molar-refractivity contribution is 5.99. The van der Waals surface area contributed by atoms with Gasteiger partial charge in [-0.2, -0.15) is 0 Å². The van der Waals surface area contributed by atoms with E-state index in [4.69, 9.17) is 9.47 Å². The average molecular weight is 364 g/mol. The Balaban J connectivity index is 1.66. The van der Waals surface area contributed by atoms with Crippen LogP contribution in [-0.2, 0) is 22.4 Å². The summed E-state index contributed by atoms with van der Waals surface area (Å²) in [5.41, 5.74) is 6.04. The van der Waals surface area contributed by atoms with Crippen molar-refractivity contribution in [2.45, 2.75) is 31.6 Å². The Labute approximate surface area is 156 Å². The van der Waals surface area contributed by atoms with E-state index in [0.717, 1.165) is 41.8 Å². The molecule has 2 heterocycles. The van der Waals surface area contributed by atoms with E-state index in [2.05, 4.69) is 22.8 Å². The molecule has 2 aromatic rings. The number of benzene rings is 2. The number of anilines is 2. The van der Waals surface area contributed by atoms with Gasteiger partial charge in [0.25, 0.3) is 5.91 Å². The van der Waals surface area contributed by atoms with Crippen LogP contribution in [0.1, 0.15) is 41.0 Å². The normalized spacial score (nSPS) is 20.0. The van der Waals surface area contributed by atoms with Crippen molar-refractivity contribution in [3.8, 4) is 11.5 Å². The molecule has 0 saturated carbocycles. The molecule has 0 bridgehead atoms. The van der Waals surface area contributed by atoms with Gasteiger partial charge in [0.05, 0.1) is 12.8 Å². The van der Waals surface area contributed by atoms with Gasteiger partial charge in [0.2, 0.25) is 5.91 Å². The van der Waals surface area contributed by atoms with Crippen molar-refractivity contribution in [2.24, 2.45) is 0 Å². The van der Waals surface area contributed by atoms with Crippen LogP contribution in [0, 0.1) is 0 Å². The van der Waals surface area contributed by atoms with Crippen LogP contribution in [0.5, 0.6) is 11.5 Å². The molecular weight excluding hydrogens is 344 g/mol. The van der Waals surface area contributed by atoms with E-state index in [1.807, 2.05) is 6.07 Å². The van der Waals surface area contributed by atoms with Crippen LogP contribution >= 0.6 is 0 Å². The number of hydrogen-bond donors (Lipinski definition) is 2. The molecule has 0 radical (unpaired) electrons. The zero-order valence-corrected chi connectivity index (χ0v) is 15.1. The van der Waals surface area contributed by atoms with Crippen molar-refractivity contribution in [3.63, 3.8) is 0 Å². The second kappa shape index (κ2) is 6.01. The zero-order chi connectivity index (χ0) is 18.5. The predicted octanol–water partition coefficient (Wildman–Crippen LogP) is 2.99. The maximum absolute atomic E-state index is 12.4. The first-order chi connectivity index (χ1) is 13.1. The lowest BCUT2D eigenvalue weighted by molar-refractivity contribution is -0.119. The third kappa shape index (κ3) is 2.63. The predicted molar refractivity (Wildman–Crippen MR) is 101 cm³/mol. The van der Waals surface area contributed by atoms with E-state index >= 15 is 0 Å². The number of rotatable bonds is 2. The van der Waals surface area contributed by atoms with E-state index in [-0.39, 0.29) is 24.3 Å². The van der Waals surface area contributed by atoms with Gasteiger partial charge in [-0.15, -0.1) is 0 Å². The van der Waals surface area contributed by atoms with Crippen molar-refractivity contribution in [1.82, 2.24) is 0 Å². The van der Waals surface area contributed by atoms with Gasteiger partial charge in [-0.3, -0.25) is 9.59 Å². The first-order valence-corrected chi connectivity index (χ1v) is 9.22. The molecule has 0 saturated heterocycles. The van der Waals surface area contributed by atoms with E-state index in [9.17, 15) is 9.59 Å². The minimum atomic E-state index is -0.172. The summed E-state index contributed by atoms with van der Waals surface area (Å²) in [6.45, 7) is -0.0121. The molecule has 1 unspecified atom stereocenters. The van der Waals surface area contributed by atoms with Gasteiger partial charge in [-0.1, -0.05) is 6.07 Å². The first kappa shape index (κ1) is 16.2. The van der Waals surface area contributed by atoms with Crippen LogP contribution in [-0.4, -0.2) is 25.5 Å². The highest BCUT2D eigenvalue weighted by atomic mass is 16.5. The van der Waals surface area contributed by atoms with Crippen molar-refractivity contribution in [1.29, 1.82) is 0 Å². The van der Waals surface area contributed by atoms with E-state index in [1.165, 1.54) is 11.1 Å². The van der Waals surface area contributed by atoms with Crippen LogP contribution in [0.15, 0.2) is 24.3 Å². The number of amides is 2. The molecule has 2 aliphatic heterocycles. The Morgan fingerprint density at radius 1 is 0.963 bits per heavy atom. The third-order valence-electron chi connectivity index (χ3n) is 5.64. The molecule has 2 N–H and O–H groups in total. The summed E-state index contributed by atoms with van der Waals surface area (Å²) in [5, 5.41) is 5.79. The Hall–Kier alpha value is -3.02. The molecule has 6 heteroatoms. The Morgan fingerprint density at radius 3 is 2.56 bits per heavy atom. The molecule has 0 fully saturated rings. The lowest BCUT2D eigenvalue weighted by Crippen LogP contribution is -2.28. The highest BCUT2D eigenvalue weighted by Crippen LogP contribution is 2.46. The molecular formula is C21H20N2O4. The van der Waals surface area contributed by atoms with Gasteiger partial charge in [0.15, 0.2) is 6.61 Å². The topological polar surface area (TPSA) is 76.7 Å². The molecule has 0 spiro atoms. The fraction of sp³-hybridized carbons (Fsp3) is 0.333. The first-order valence-electron chi connectivity index (χ1n) is 9.22. The zero-order valence-electron chi connectivity index (χ0n) is 15.1. The van der Waals surface area contributed by atoms with Crippen molar-refractivity contribution < 1.29 is 19.1 Å². The number of aryl methyl sites for hydroxylation is 2. The monoisotopic (exact) mass is 364 g/mol. The van der Waals surface area contributed by atoms with Crippen molar-refractivity contribution in [2.75, 3.05) is 24.4 Å². The fourth-order valence-electron chi connectivity index (χ4n) is 4.38. The summed E-state index contributed by atoms with van der Waals surface area (Å²) in [6, 6.07) is 8.03. The minimum Gasteiger partial charge on any atom is -0.496 e. The Morgan fingerprint density at radius 2 is 1.74 bits per heavy atom. The molecule has 1 atom stereocenters. The summed E-state index contributed by atoms with van der Waals surface area (Å²) in [4.78, 5) is 24.1. The van der Waals surface area contributed by atoms with Crippen LogP contribution in [0.3, 0.4) is 0 Å². The van der Waals surface area contributed by atoms with Crippen molar-refractivity contribution in [3.05, 3.63) is 46.5 Å². The van der Waals surface area contributed by atoms with E-state index in [0.29, 0.717) is 17.9 Å². The van der Waals surface area contributed by atoms with Crippen LogP contribution in [0.4, 0.5) is 11.4 Å². The maximum atomic E-state index is 12.4. The lowest BCUT2D eigenvalue weighted by Gasteiger charge is -2.30. The van der Waals surface area contributed by atoms with Gasteiger partial charge >= 0.3 is 0 Å². The summed E-state index contributed by atoms with van der Waals surface area (Å²) < 4.78 is 11.2. The number of fused-ring (bicyclic) bond motifs is 3. The van der Waals surface area contributed by atoms with Crippen LogP contribution < -0.4 is 20.1 Å².